The molecule has 4 aliphatic rings. The highest BCUT2D eigenvalue weighted by Gasteiger charge is 2.39. The fourth-order valence-corrected chi connectivity index (χ4v) is 12.6. The van der Waals surface area contributed by atoms with Crippen LogP contribution in [0.1, 0.15) is 136 Å². The first-order valence-corrected chi connectivity index (χ1v) is 29.6. The van der Waals surface area contributed by atoms with Gasteiger partial charge in [-0.25, -0.2) is 0 Å². The Hall–Kier alpha value is -9.60. The number of rotatable bonds is 28. The van der Waals surface area contributed by atoms with Crippen LogP contribution in [0, 0.1) is 5.41 Å². The first-order chi connectivity index (χ1) is 43.5. The highest BCUT2D eigenvalue weighted by Crippen LogP contribution is 2.37. The normalized spacial score (nSPS) is 17.6. The van der Waals surface area contributed by atoms with Gasteiger partial charge in [0.1, 0.15) is 0 Å². The maximum Gasteiger partial charge on any atom is 0.317 e. The zero-order chi connectivity index (χ0) is 61.4. The average molecular weight is 1210 g/mol. The zero-order valence-corrected chi connectivity index (χ0v) is 48.6. The van der Waals surface area contributed by atoms with E-state index in [0.717, 1.165) is 0 Å². The van der Waals surface area contributed by atoms with Crippen molar-refractivity contribution >= 4 is 47.0 Å². The van der Waals surface area contributed by atoms with Gasteiger partial charge in [-0.3, -0.25) is 38.4 Å². The second kappa shape index (κ2) is 26.8. The third-order valence-electron chi connectivity index (χ3n) is 17.0. The lowest BCUT2D eigenvalue weighted by molar-refractivity contribution is -0.193. The third kappa shape index (κ3) is 12.6. The Kier molecular flexibility index (Phi) is 18.0. The molecular weight excluding hydrogens is 1140 g/mol. The van der Waals surface area contributed by atoms with E-state index < -0.39 is 80.1 Å². The molecule has 4 aliphatic heterocycles. The lowest BCUT2D eigenvalue weighted by Crippen LogP contribution is -2.43. The number of fused-ring (bicyclic) bond motifs is 4. The highest BCUT2D eigenvalue weighted by atomic mass is 16.7. The topological polar surface area (TPSA) is 230 Å². The molecule has 4 unspecified atom stereocenters. The first-order valence-electron chi connectivity index (χ1n) is 29.6. The number of carbonyl (C=O) groups excluding carboxylic acids is 8. The van der Waals surface area contributed by atoms with Crippen molar-refractivity contribution in [3.05, 3.63) is 238 Å². The van der Waals surface area contributed by atoms with Gasteiger partial charge in [-0.05, 0) is 74.2 Å². The number of esters is 4. The van der Waals surface area contributed by atoms with Crippen molar-refractivity contribution in [3.63, 3.8) is 0 Å². The van der Waals surface area contributed by atoms with Crippen LogP contribution >= 0.6 is 0 Å². The number of nitrogens with zero attached hydrogens (tertiary/aromatic N) is 4. The Balaban J connectivity index is 0.734. The van der Waals surface area contributed by atoms with Gasteiger partial charge in [-0.1, -0.05) is 121 Å². The van der Waals surface area contributed by atoms with Crippen LogP contribution in [0.3, 0.4) is 0 Å². The lowest BCUT2D eigenvalue weighted by Gasteiger charge is -2.32. The number of aromatic nitrogens is 4. The van der Waals surface area contributed by atoms with E-state index in [9.17, 15) is 38.4 Å². The van der Waals surface area contributed by atoms with Crippen LogP contribution in [0.15, 0.2) is 170 Å². The molecule has 0 radical (unpaired) electrons. The molecule has 4 aromatic heterocycles. The van der Waals surface area contributed by atoms with Crippen molar-refractivity contribution < 1.29 is 76.3 Å². The maximum atomic E-state index is 13.8. The van der Waals surface area contributed by atoms with Gasteiger partial charge in [0.15, 0.2) is 27.2 Å². The van der Waals surface area contributed by atoms with E-state index >= 15 is 0 Å². The number of carbonyl (C=O) groups is 8. The minimum atomic E-state index is -1.38. The van der Waals surface area contributed by atoms with E-state index in [1.54, 1.807) is 146 Å². The molecule has 0 N–H and O–H groups in total. The molecule has 0 amide bonds. The van der Waals surface area contributed by atoms with Crippen LogP contribution in [0.2, 0.25) is 0 Å². The van der Waals surface area contributed by atoms with Crippen LogP contribution in [0.5, 0.6) is 0 Å². The molecule has 12 rings (SSSR count). The average Bonchev–Trinajstić information content (AvgIpc) is 2.43. The van der Waals surface area contributed by atoms with E-state index in [4.69, 9.17) is 37.9 Å². The molecular formula is C69H64N4O16. The van der Waals surface area contributed by atoms with Gasteiger partial charge in [0.05, 0.1) is 78.3 Å². The van der Waals surface area contributed by atoms with Crippen molar-refractivity contribution in [2.24, 2.45) is 5.41 Å². The molecule has 89 heavy (non-hydrogen) atoms. The molecule has 0 fully saturated rings. The summed E-state index contributed by atoms with van der Waals surface area (Å²) < 4.78 is 54.7. The number of hydrogen-bond acceptors (Lipinski definition) is 16. The minimum absolute atomic E-state index is 0.171. The quantitative estimate of drug-likeness (QED) is 0.0146. The standard InChI is InChI=1S/C69H64N4O16/c74-61(45-13-5-1-6-14-45)57-25-21-53-49(29-33-70(53)57)65(78)86-41-82-37-69(38-83-42-87-66(79)50-30-34-71-54(50)22-26-58(71)62(75)46-15-7-2-8-16-46,39-84-43-88-67(80)51-31-35-72-55(51)23-27-59(72)63(76)47-17-9-3-10-18-47)40-85-44-89-68(81)52-32-36-73-56(52)24-28-60(73)64(77)48-19-11-4-12-20-48/h1-28,49-52H,29-44H2. The first kappa shape index (κ1) is 59.7. The predicted molar refractivity (Wildman–Crippen MR) is 317 cm³/mol. The largest absolute Gasteiger partial charge is 0.438 e. The minimum Gasteiger partial charge on any atom is -0.438 e. The van der Waals surface area contributed by atoms with Crippen molar-refractivity contribution in [1.29, 1.82) is 0 Å². The summed E-state index contributed by atoms with van der Waals surface area (Å²) in [6, 6.07) is 49.3. The van der Waals surface area contributed by atoms with Crippen LogP contribution in [0.4, 0.5) is 0 Å². The predicted octanol–water partition coefficient (Wildman–Crippen LogP) is 8.92. The van der Waals surface area contributed by atoms with E-state index in [1.807, 2.05) is 42.5 Å². The summed E-state index contributed by atoms with van der Waals surface area (Å²) in [5.41, 5.74) is 5.03. The molecule has 0 saturated heterocycles. The summed E-state index contributed by atoms with van der Waals surface area (Å²) in [4.78, 5) is 109. The summed E-state index contributed by atoms with van der Waals surface area (Å²) in [6.07, 6.45) is 1.55. The van der Waals surface area contributed by atoms with E-state index in [2.05, 4.69) is 0 Å². The number of ether oxygens (including phenoxy) is 8. The lowest BCUT2D eigenvalue weighted by atomic mass is 9.92. The molecule has 0 spiro atoms. The second-order valence-electron chi connectivity index (χ2n) is 22.5. The summed E-state index contributed by atoms with van der Waals surface area (Å²) in [6.45, 7) is -1.73. The molecule has 8 aromatic rings. The molecule has 0 aliphatic carbocycles. The van der Waals surface area contributed by atoms with Gasteiger partial charge in [-0.2, -0.15) is 0 Å². The number of hydrogen-bond donors (Lipinski definition) is 0. The molecule has 0 saturated carbocycles. The van der Waals surface area contributed by atoms with Crippen LogP contribution < -0.4 is 0 Å². The van der Waals surface area contributed by atoms with Gasteiger partial charge >= 0.3 is 23.9 Å². The summed E-state index contributed by atoms with van der Waals surface area (Å²) in [5.74, 6) is -5.78. The van der Waals surface area contributed by atoms with Crippen molar-refractivity contribution in [2.45, 2.75) is 75.5 Å². The summed E-state index contributed by atoms with van der Waals surface area (Å²) >= 11 is 0. The fourth-order valence-electron chi connectivity index (χ4n) is 12.6. The van der Waals surface area contributed by atoms with Gasteiger partial charge < -0.3 is 56.2 Å². The second-order valence-corrected chi connectivity index (χ2v) is 22.5. The summed E-state index contributed by atoms with van der Waals surface area (Å²) in [5, 5.41) is 0. The van der Waals surface area contributed by atoms with E-state index in [-0.39, 0.29) is 49.6 Å². The highest BCUT2D eigenvalue weighted by molar-refractivity contribution is 6.10. The maximum absolute atomic E-state index is 13.8. The van der Waals surface area contributed by atoms with Crippen LogP contribution in [-0.2, 0) is 83.3 Å². The SMILES string of the molecule is O=C(c1ccccc1)c1ccc2n1CCC2C(=O)OCOCC(COCOC(=O)C1CCn2c(C(=O)c3ccccc3)ccc21)(COCOC(=O)C1CCn2c(C(=O)c3ccccc3)ccc21)COCOC(=O)C1CCn2c(C(=O)c3ccccc3)ccc21. The Morgan fingerprint density at radius 1 is 0.303 bits per heavy atom. The Labute approximate surface area is 511 Å². The number of benzene rings is 4. The van der Waals surface area contributed by atoms with Gasteiger partial charge in [0, 0.05) is 71.2 Å². The smallest absolute Gasteiger partial charge is 0.317 e. The van der Waals surface area contributed by atoms with Gasteiger partial charge in [0.2, 0.25) is 23.1 Å². The monoisotopic (exact) mass is 1200 g/mol. The van der Waals surface area contributed by atoms with Crippen molar-refractivity contribution in [1.82, 2.24) is 18.3 Å². The summed E-state index contributed by atoms with van der Waals surface area (Å²) in [7, 11) is 0. The van der Waals surface area contributed by atoms with Crippen molar-refractivity contribution in [2.75, 3.05) is 53.6 Å². The number of ketones is 4. The Morgan fingerprint density at radius 2 is 0.517 bits per heavy atom. The molecule has 4 aromatic carbocycles. The zero-order valence-electron chi connectivity index (χ0n) is 48.6. The molecule has 8 heterocycles. The van der Waals surface area contributed by atoms with Gasteiger partial charge in [-0.15, -0.1) is 0 Å². The molecule has 4 atom stereocenters. The van der Waals surface area contributed by atoms with Crippen molar-refractivity contribution in [3.8, 4) is 0 Å². The Bertz CT molecular complexity index is 3410. The molecule has 20 heteroatoms. The third-order valence-corrected chi connectivity index (χ3v) is 17.0. The molecule has 20 nitrogen and oxygen atoms in total. The molecule has 0 bridgehead atoms. The van der Waals surface area contributed by atoms with E-state index in [1.165, 1.54) is 0 Å². The van der Waals surface area contributed by atoms with E-state index in [0.29, 0.717) is 120 Å². The molecule has 456 valence electrons. The fraction of sp³-hybridized carbons (Fsp3) is 0.304. The van der Waals surface area contributed by atoms with Gasteiger partial charge in [0.25, 0.3) is 0 Å². The van der Waals surface area contributed by atoms with Crippen LogP contribution in [0.25, 0.3) is 0 Å². The Morgan fingerprint density at radius 3 is 0.730 bits per heavy atom. The van der Waals surface area contributed by atoms with Crippen LogP contribution in [-0.4, -0.2) is 119 Å².